The van der Waals surface area contributed by atoms with Crippen LogP contribution >= 0.6 is 11.3 Å². The fraction of sp³-hybridized carbons (Fsp3) is 0.647. The van der Waals surface area contributed by atoms with Crippen LogP contribution in [-0.4, -0.2) is 47.8 Å². The van der Waals surface area contributed by atoms with Crippen LogP contribution in [0.3, 0.4) is 0 Å². The van der Waals surface area contributed by atoms with Crippen LogP contribution in [0.2, 0.25) is 0 Å². The Morgan fingerprint density at radius 1 is 0.955 bits per heavy atom. The third kappa shape index (κ3) is 3.35. The highest BCUT2D eigenvalue weighted by atomic mass is 32.1. The minimum atomic E-state index is 0.103. The third-order valence-corrected chi connectivity index (χ3v) is 5.94. The molecule has 2 heterocycles. The zero-order valence-electron chi connectivity index (χ0n) is 13.3. The lowest BCUT2D eigenvalue weighted by molar-refractivity contribution is -0.130. The van der Waals surface area contributed by atoms with Crippen LogP contribution in [0.1, 0.15) is 52.7 Å². The fourth-order valence-corrected chi connectivity index (χ4v) is 4.55. The molecule has 1 fully saturated rings. The molecule has 3 rings (SSSR count). The van der Waals surface area contributed by atoms with Crippen LogP contribution in [0, 0.1) is 0 Å². The van der Waals surface area contributed by atoms with Crippen molar-refractivity contribution < 1.29 is 9.59 Å². The molecule has 1 aromatic heterocycles. The second-order valence-electron chi connectivity index (χ2n) is 6.27. The normalized spacial score (nSPS) is 19.3. The van der Waals surface area contributed by atoms with E-state index in [-0.39, 0.29) is 11.8 Å². The quantitative estimate of drug-likeness (QED) is 0.798. The van der Waals surface area contributed by atoms with Crippen LogP contribution < -0.4 is 0 Å². The van der Waals surface area contributed by atoms with Gasteiger partial charge in [0.05, 0.1) is 4.88 Å². The molecule has 4 nitrogen and oxygen atoms in total. The first kappa shape index (κ1) is 15.5. The molecule has 0 saturated carbocycles. The molecule has 0 unspecified atom stereocenters. The predicted molar refractivity (Wildman–Crippen MR) is 88.4 cm³/mol. The van der Waals surface area contributed by atoms with Gasteiger partial charge in [0.25, 0.3) is 5.91 Å². The maximum atomic E-state index is 12.7. The van der Waals surface area contributed by atoms with E-state index in [9.17, 15) is 9.59 Å². The Hall–Kier alpha value is -1.36. The van der Waals surface area contributed by atoms with E-state index < -0.39 is 0 Å². The molecule has 0 aromatic carbocycles. The van der Waals surface area contributed by atoms with Crippen molar-refractivity contribution in [3.05, 3.63) is 21.4 Å². The number of thiophene rings is 1. The van der Waals surface area contributed by atoms with Gasteiger partial charge in [-0.25, -0.2) is 0 Å². The summed E-state index contributed by atoms with van der Waals surface area (Å²) in [6.45, 7) is 4.22. The van der Waals surface area contributed by atoms with Gasteiger partial charge in [-0.3, -0.25) is 9.59 Å². The summed E-state index contributed by atoms with van der Waals surface area (Å²) in [4.78, 5) is 30.1. The average Bonchev–Trinajstić information content (AvgIpc) is 2.89. The summed E-state index contributed by atoms with van der Waals surface area (Å²) < 4.78 is 0. The summed E-state index contributed by atoms with van der Waals surface area (Å²) in [5, 5.41) is 0. The molecule has 0 spiro atoms. The zero-order chi connectivity index (χ0) is 15.5. The number of piperazine rings is 1. The van der Waals surface area contributed by atoms with Gasteiger partial charge in [0.15, 0.2) is 0 Å². The predicted octanol–water partition coefficient (Wildman–Crippen LogP) is 2.71. The third-order valence-electron chi connectivity index (χ3n) is 4.72. The van der Waals surface area contributed by atoms with Crippen LogP contribution in [0.5, 0.6) is 0 Å². The number of carbonyl (C=O) groups excluding carboxylic acids is 2. The van der Waals surface area contributed by atoms with Crippen LogP contribution in [0.25, 0.3) is 0 Å². The molecule has 2 aliphatic rings. The van der Waals surface area contributed by atoms with Crippen LogP contribution in [0.15, 0.2) is 6.07 Å². The summed E-state index contributed by atoms with van der Waals surface area (Å²) in [5.74, 6) is 0.256. The van der Waals surface area contributed by atoms with Crippen molar-refractivity contribution in [3.63, 3.8) is 0 Å². The van der Waals surface area contributed by atoms with E-state index in [1.165, 1.54) is 36.1 Å². The second-order valence-corrected chi connectivity index (χ2v) is 7.41. The maximum Gasteiger partial charge on any atom is 0.264 e. The molecule has 1 aliphatic carbocycles. The molecular weight excluding hydrogens is 296 g/mol. The lowest BCUT2D eigenvalue weighted by Crippen LogP contribution is -2.49. The average molecular weight is 320 g/mol. The molecule has 1 aliphatic heterocycles. The molecule has 2 amide bonds. The standard InChI is InChI=1S/C17H24N2O2S/c1-13(20)18-8-10-19(11-9-18)17(21)16-12-14-6-4-2-3-5-7-15(14)22-16/h12H,2-11H2,1H3. The maximum absolute atomic E-state index is 12.7. The van der Waals surface area contributed by atoms with Crippen molar-refractivity contribution in [2.75, 3.05) is 26.2 Å². The number of fused-ring (bicyclic) bond motifs is 1. The van der Waals surface area contributed by atoms with Crippen molar-refractivity contribution in [1.82, 2.24) is 9.80 Å². The first-order valence-corrected chi connectivity index (χ1v) is 9.13. The first-order valence-electron chi connectivity index (χ1n) is 8.31. The van der Waals surface area contributed by atoms with Gasteiger partial charge in [-0.15, -0.1) is 11.3 Å². The summed E-state index contributed by atoms with van der Waals surface area (Å²) in [5.41, 5.74) is 1.40. The van der Waals surface area contributed by atoms with Crippen molar-refractivity contribution in [1.29, 1.82) is 0 Å². The summed E-state index contributed by atoms with van der Waals surface area (Å²) in [6.07, 6.45) is 7.37. The SMILES string of the molecule is CC(=O)N1CCN(C(=O)c2cc3c(s2)CCCCCC3)CC1. The number of carbonyl (C=O) groups is 2. The highest BCUT2D eigenvalue weighted by Crippen LogP contribution is 2.29. The molecule has 1 saturated heterocycles. The van der Waals surface area contributed by atoms with E-state index in [1.807, 2.05) is 9.80 Å². The van der Waals surface area contributed by atoms with E-state index in [4.69, 9.17) is 0 Å². The number of hydrogen-bond acceptors (Lipinski definition) is 3. The Labute approximate surface area is 136 Å². The smallest absolute Gasteiger partial charge is 0.264 e. The molecule has 5 heteroatoms. The topological polar surface area (TPSA) is 40.6 Å². The van der Waals surface area contributed by atoms with Crippen LogP contribution in [0.4, 0.5) is 0 Å². The van der Waals surface area contributed by atoms with Gasteiger partial charge < -0.3 is 9.80 Å². The number of aryl methyl sites for hydroxylation is 2. The van der Waals surface area contributed by atoms with E-state index in [0.717, 1.165) is 17.7 Å². The Kier molecular flexibility index (Phi) is 4.81. The summed E-state index contributed by atoms with van der Waals surface area (Å²) in [6, 6.07) is 2.13. The lowest BCUT2D eigenvalue weighted by atomic mass is 10.00. The number of amides is 2. The molecular formula is C17H24N2O2S. The molecule has 1 aromatic rings. The molecule has 0 atom stereocenters. The van der Waals surface area contributed by atoms with Crippen molar-refractivity contribution in [2.45, 2.75) is 45.4 Å². The largest absolute Gasteiger partial charge is 0.339 e. The van der Waals surface area contributed by atoms with E-state index in [1.54, 1.807) is 18.3 Å². The van der Waals surface area contributed by atoms with Crippen molar-refractivity contribution >= 4 is 23.2 Å². The van der Waals surface area contributed by atoms with E-state index in [2.05, 4.69) is 6.07 Å². The number of nitrogens with zero attached hydrogens (tertiary/aromatic N) is 2. The minimum absolute atomic E-state index is 0.103. The molecule has 0 N–H and O–H groups in total. The van der Waals surface area contributed by atoms with Gasteiger partial charge in [0.1, 0.15) is 0 Å². The summed E-state index contributed by atoms with van der Waals surface area (Å²) in [7, 11) is 0. The fourth-order valence-electron chi connectivity index (χ4n) is 3.33. The monoisotopic (exact) mass is 320 g/mol. The second kappa shape index (κ2) is 6.82. The first-order chi connectivity index (χ1) is 10.6. The van der Waals surface area contributed by atoms with Crippen LogP contribution in [-0.2, 0) is 17.6 Å². The van der Waals surface area contributed by atoms with Gasteiger partial charge in [-0.2, -0.15) is 0 Å². The van der Waals surface area contributed by atoms with Gasteiger partial charge in [0, 0.05) is 38.0 Å². The molecule has 120 valence electrons. The minimum Gasteiger partial charge on any atom is -0.339 e. The Bertz CT molecular complexity index is 534. The van der Waals surface area contributed by atoms with Gasteiger partial charge in [0.2, 0.25) is 5.91 Å². The Morgan fingerprint density at radius 3 is 2.27 bits per heavy atom. The van der Waals surface area contributed by atoms with Gasteiger partial charge in [-0.1, -0.05) is 12.8 Å². The van der Waals surface area contributed by atoms with Gasteiger partial charge >= 0.3 is 0 Å². The molecule has 0 bridgehead atoms. The van der Waals surface area contributed by atoms with Gasteiger partial charge in [-0.05, 0) is 37.3 Å². The molecule has 0 radical (unpaired) electrons. The number of hydrogen-bond donors (Lipinski definition) is 0. The van der Waals surface area contributed by atoms with E-state index in [0.29, 0.717) is 26.2 Å². The molecule has 22 heavy (non-hydrogen) atoms. The highest BCUT2D eigenvalue weighted by Gasteiger charge is 2.25. The highest BCUT2D eigenvalue weighted by molar-refractivity contribution is 7.14. The Balaban J connectivity index is 1.68. The summed E-state index contributed by atoms with van der Waals surface area (Å²) >= 11 is 1.70. The zero-order valence-corrected chi connectivity index (χ0v) is 14.1. The number of rotatable bonds is 1. The van der Waals surface area contributed by atoms with Crippen molar-refractivity contribution in [3.8, 4) is 0 Å². The lowest BCUT2D eigenvalue weighted by Gasteiger charge is -2.33. The van der Waals surface area contributed by atoms with Crippen molar-refractivity contribution in [2.24, 2.45) is 0 Å². The Morgan fingerprint density at radius 2 is 1.59 bits per heavy atom. The van der Waals surface area contributed by atoms with E-state index >= 15 is 0 Å².